The van der Waals surface area contributed by atoms with Gasteiger partial charge >= 0.3 is 6.03 Å². The average Bonchev–Trinajstić information content (AvgIpc) is 3.19. The molecule has 1 fully saturated rings. The van der Waals surface area contributed by atoms with E-state index in [4.69, 9.17) is 16.3 Å². The van der Waals surface area contributed by atoms with Crippen molar-refractivity contribution in [2.75, 3.05) is 7.11 Å². The Morgan fingerprint density at radius 2 is 1.94 bits per heavy atom. The molecule has 2 heterocycles. The van der Waals surface area contributed by atoms with E-state index in [2.05, 4.69) is 22.5 Å². The number of amides is 3. The van der Waals surface area contributed by atoms with Crippen LogP contribution in [0.5, 0.6) is 11.6 Å². The molecule has 0 bridgehead atoms. The second-order valence-corrected chi connectivity index (χ2v) is 7.23. The van der Waals surface area contributed by atoms with Gasteiger partial charge in [-0.3, -0.25) is 10.1 Å². The number of benzene rings is 2. The molecule has 0 aliphatic carbocycles. The van der Waals surface area contributed by atoms with Crippen LogP contribution in [0.1, 0.15) is 5.56 Å². The average molecular weight is 446 g/mol. The van der Waals surface area contributed by atoms with Gasteiger partial charge in [0.05, 0.1) is 13.7 Å². The van der Waals surface area contributed by atoms with E-state index in [9.17, 15) is 23.5 Å². The van der Waals surface area contributed by atoms with E-state index in [-0.39, 0.29) is 18.0 Å². The molecule has 3 aromatic rings. The van der Waals surface area contributed by atoms with E-state index < -0.39 is 34.1 Å². The lowest BCUT2D eigenvalue weighted by Gasteiger charge is -2.20. The largest absolute Gasteiger partial charge is 0.497 e. The van der Waals surface area contributed by atoms with Gasteiger partial charge in [0.2, 0.25) is 5.54 Å². The summed E-state index contributed by atoms with van der Waals surface area (Å²) in [6, 6.07) is 6.07. The molecule has 1 atom stereocenters. The highest BCUT2D eigenvalue weighted by Gasteiger charge is 2.46. The smallest absolute Gasteiger partial charge is 0.323 e. The monoisotopic (exact) mass is 445 g/mol. The third-order valence-electron chi connectivity index (χ3n) is 4.82. The molecule has 1 aliphatic rings. The third-order valence-corrected chi connectivity index (χ3v) is 5.18. The molecule has 0 unspecified atom stereocenters. The first-order chi connectivity index (χ1) is 14.7. The van der Waals surface area contributed by atoms with E-state index in [0.717, 1.165) is 12.1 Å². The molecule has 3 N–H and O–H groups in total. The molecule has 1 aliphatic heterocycles. The van der Waals surface area contributed by atoms with E-state index in [1.54, 1.807) is 24.4 Å². The van der Waals surface area contributed by atoms with Crippen LogP contribution in [0.4, 0.5) is 13.6 Å². The van der Waals surface area contributed by atoms with Crippen LogP contribution >= 0.6 is 11.6 Å². The fourth-order valence-corrected chi connectivity index (χ4v) is 3.37. The van der Waals surface area contributed by atoms with Gasteiger partial charge in [0, 0.05) is 22.5 Å². The van der Waals surface area contributed by atoms with Gasteiger partial charge in [0.15, 0.2) is 5.88 Å². The normalized spacial score (nSPS) is 17.8. The zero-order valence-corrected chi connectivity index (χ0v) is 16.7. The van der Waals surface area contributed by atoms with Gasteiger partial charge in [-0.1, -0.05) is 23.4 Å². The van der Waals surface area contributed by atoms with Crippen LogP contribution < -0.4 is 15.4 Å². The van der Waals surface area contributed by atoms with E-state index >= 15 is 0 Å². The summed E-state index contributed by atoms with van der Waals surface area (Å²) >= 11 is 5.47. The first kappa shape index (κ1) is 20.5. The lowest BCUT2D eigenvalue weighted by Crippen LogP contribution is -2.49. The number of fused-ring (bicyclic) bond motifs is 1. The van der Waals surface area contributed by atoms with E-state index in [1.807, 2.05) is 0 Å². The highest BCUT2D eigenvalue weighted by Crippen LogP contribution is 2.32. The number of aromatic hydroxyl groups is 1. The van der Waals surface area contributed by atoms with E-state index in [0.29, 0.717) is 16.5 Å². The Kier molecular flexibility index (Phi) is 4.95. The number of urea groups is 1. The van der Waals surface area contributed by atoms with Crippen LogP contribution in [-0.4, -0.2) is 34.3 Å². The van der Waals surface area contributed by atoms with Crippen molar-refractivity contribution in [3.05, 3.63) is 58.7 Å². The topological polar surface area (TPSA) is 92.6 Å². The summed E-state index contributed by atoms with van der Waals surface area (Å²) in [4.78, 5) is 24.4. The van der Waals surface area contributed by atoms with Crippen LogP contribution in [0.3, 0.4) is 0 Å². The zero-order valence-electron chi connectivity index (χ0n) is 15.9. The number of aromatic nitrogens is 1. The summed E-state index contributed by atoms with van der Waals surface area (Å²) in [5, 5.41) is 15.6. The first-order valence-corrected chi connectivity index (χ1v) is 9.27. The van der Waals surface area contributed by atoms with Gasteiger partial charge in [-0.15, -0.1) is 0 Å². The SMILES string of the molecule is COc1ccc2cn(C[C@@]3(C#Cc4cc(F)c(Cl)c(F)c4)NC(=O)NC3=O)c(O)c2c1. The van der Waals surface area contributed by atoms with E-state index in [1.165, 1.54) is 11.7 Å². The molecule has 3 amide bonds. The van der Waals surface area contributed by atoms with Gasteiger partial charge in [0.25, 0.3) is 5.91 Å². The maximum absolute atomic E-state index is 13.7. The number of hydrogen-bond acceptors (Lipinski definition) is 4. The number of imide groups is 1. The third kappa shape index (κ3) is 3.62. The van der Waals surface area contributed by atoms with Crippen molar-refractivity contribution < 1.29 is 28.2 Å². The van der Waals surface area contributed by atoms with Crippen LogP contribution in [0.25, 0.3) is 10.8 Å². The van der Waals surface area contributed by atoms with Crippen LogP contribution in [0.2, 0.25) is 5.02 Å². The summed E-state index contributed by atoms with van der Waals surface area (Å²) < 4.78 is 33.9. The maximum Gasteiger partial charge on any atom is 0.323 e. The Morgan fingerprint density at radius 3 is 2.55 bits per heavy atom. The highest BCUT2D eigenvalue weighted by atomic mass is 35.5. The molecule has 2 aromatic carbocycles. The molecule has 0 spiro atoms. The first-order valence-electron chi connectivity index (χ1n) is 8.89. The van der Waals surface area contributed by atoms with Crippen LogP contribution in [-0.2, 0) is 11.3 Å². The Balaban J connectivity index is 1.77. The molecule has 10 heteroatoms. The molecule has 31 heavy (non-hydrogen) atoms. The second kappa shape index (κ2) is 7.49. The summed E-state index contributed by atoms with van der Waals surface area (Å²) in [7, 11) is 1.49. The van der Waals surface area contributed by atoms with Crippen LogP contribution in [0, 0.1) is 23.5 Å². The number of hydrogen-bond donors (Lipinski definition) is 3. The molecule has 7 nitrogen and oxygen atoms in total. The summed E-state index contributed by atoms with van der Waals surface area (Å²) in [5.74, 6) is 2.64. The quantitative estimate of drug-likeness (QED) is 0.328. The number of carbonyl (C=O) groups excluding carboxylic acids is 2. The minimum Gasteiger partial charge on any atom is -0.497 e. The number of halogens is 3. The van der Waals surface area contributed by atoms with Gasteiger partial charge < -0.3 is 19.7 Å². The number of methoxy groups -OCH3 is 1. The van der Waals surface area contributed by atoms with Crippen molar-refractivity contribution in [1.82, 2.24) is 15.2 Å². The molecule has 4 rings (SSSR count). The van der Waals surface area contributed by atoms with Crippen molar-refractivity contribution in [3.63, 3.8) is 0 Å². The fourth-order valence-electron chi connectivity index (χ4n) is 3.27. The van der Waals surface area contributed by atoms with Crippen molar-refractivity contribution in [2.24, 2.45) is 0 Å². The Labute approximate surface area is 179 Å². The predicted molar refractivity (Wildman–Crippen MR) is 108 cm³/mol. The van der Waals surface area contributed by atoms with Crippen LogP contribution in [0.15, 0.2) is 36.5 Å². The number of ether oxygens (including phenoxy) is 1. The molecular weight excluding hydrogens is 432 g/mol. The summed E-state index contributed by atoms with van der Waals surface area (Å²) in [5.41, 5.74) is -1.88. The number of carbonyl (C=O) groups is 2. The predicted octanol–water partition coefficient (Wildman–Crippen LogP) is 2.92. The standard InChI is InChI=1S/C21H14ClF2N3O4/c1-31-13-3-2-12-9-27(18(28)14(12)8-13)10-21(19(29)25-20(30)26-21)5-4-11-6-15(23)17(22)16(24)7-11/h2-3,6-9,28H,10H2,1H3,(H2,25,26,29,30)/t21-/m1/s1. The molecule has 0 radical (unpaired) electrons. The van der Waals surface area contributed by atoms with Crippen molar-refractivity contribution >= 4 is 34.3 Å². The Morgan fingerprint density at radius 1 is 1.23 bits per heavy atom. The Bertz CT molecular complexity index is 1290. The molecule has 0 saturated carbocycles. The highest BCUT2D eigenvalue weighted by molar-refractivity contribution is 6.30. The minimum absolute atomic E-state index is 0.0839. The lowest BCUT2D eigenvalue weighted by molar-refractivity contribution is -0.122. The number of rotatable bonds is 3. The summed E-state index contributed by atoms with van der Waals surface area (Å²) in [6.45, 7) is -0.265. The molecular formula is C21H14ClF2N3O4. The van der Waals surface area contributed by atoms with Crippen molar-refractivity contribution in [3.8, 4) is 23.5 Å². The number of nitrogens with one attached hydrogen (secondary N) is 2. The van der Waals surface area contributed by atoms with Gasteiger partial charge in [-0.25, -0.2) is 13.6 Å². The maximum atomic E-state index is 13.7. The fraction of sp³-hybridized carbons (Fsp3) is 0.143. The van der Waals surface area contributed by atoms with Gasteiger partial charge in [-0.2, -0.15) is 0 Å². The van der Waals surface area contributed by atoms with Crippen molar-refractivity contribution in [2.45, 2.75) is 12.1 Å². The molecule has 1 saturated heterocycles. The van der Waals surface area contributed by atoms with Gasteiger partial charge in [0.1, 0.15) is 22.4 Å². The lowest BCUT2D eigenvalue weighted by atomic mass is 9.99. The van der Waals surface area contributed by atoms with Crippen molar-refractivity contribution in [1.29, 1.82) is 0 Å². The summed E-state index contributed by atoms with van der Waals surface area (Å²) in [6.07, 6.45) is 1.58. The minimum atomic E-state index is -1.79. The number of nitrogens with zero attached hydrogens (tertiary/aromatic N) is 1. The van der Waals surface area contributed by atoms with Gasteiger partial charge in [-0.05, 0) is 30.3 Å². The second-order valence-electron chi connectivity index (χ2n) is 6.85. The Hall–Kier alpha value is -3.77. The zero-order chi connectivity index (χ0) is 22.3. The molecule has 1 aromatic heterocycles. The molecule has 158 valence electrons.